The summed E-state index contributed by atoms with van der Waals surface area (Å²) in [5.41, 5.74) is 2.35. The fourth-order valence-electron chi connectivity index (χ4n) is 2.48. The van der Waals surface area contributed by atoms with E-state index in [1.54, 1.807) is 23.7 Å². The number of nitro groups is 1. The molecule has 1 N–H and O–H groups in total. The highest BCUT2D eigenvalue weighted by Gasteiger charge is 2.15. The average molecular weight is 383 g/mol. The van der Waals surface area contributed by atoms with E-state index in [9.17, 15) is 14.9 Å². The number of para-hydroxylation sites is 1. The molecule has 0 unspecified atom stereocenters. The summed E-state index contributed by atoms with van der Waals surface area (Å²) in [6, 6.07) is 13.8. The van der Waals surface area contributed by atoms with Gasteiger partial charge in [0.05, 0.1) is 10.7 Å². The standard InChI is InChI=1S/C18H17N5O3S/c1-12-6-3-4-9-15(12)19-16(24)11-27-18-21-20-17(22(18)2)13-7-5-8-14(10-13)23(25)26/h3-10H,11H2,1-2H3,(H,19,24). The van der Waals surface area contributed by atoms with Gasteiger partial charge in [-0.2, -0.15) is 0 Å². The van der Waals surface area contributed by atoms with Crippen LogP contribution in [-0.4, -0.2) is 31.3 Å². The van der Waals surface area contributed by atoms with Crippen molar-refractivity contribution < 1.29 is 9.72 Å². The molecule has 0 atom stereocenters. The minimum atomic E-state index is -0.453. The number of nitrogens with one attached hydrogen (secondary N) is 1. The number of thioether (sulfide) groups is 1. The highest BCUT2D eigenvalue weighted by atomic mass is 32.2. The first kappa shape index (κ1) is 18.6. The number of rotatable bonds is 6. The molecule has 0 aliphatic heterocycles. The Morgan fingerprint density at radius 3 is 2.74 bits per heavy atom. The molecular weight excluding hydrogens is 366 g/mol. The van der Waals surface area contributed by atoms with Crippen LogP contribution in [0.2, 0.25) is 0 Å². The van der Waals surface area contributed by atoms with Crippen LogP contribution in [0.25, 0.3) is 11.4 Å². The molecule has 9 heteroatoms. The van der Waals surface area contributed by atoms with Gasteiger partial charge in [-0.05, 0) is 18.6 Å². The maximum atomic E-state index is 12.2. The van der Waals surface area contributed by atoms with Crippen molar-refractivity contribution in [1.82, 2.24) is 14.8 Å². The average Bonchev–Trinajstić information content (AvgIpc) is 3.02. The van der Waals surface area contributed by atoms with E-state index in [1.165, 1.54) is 23.9 Å². The van der Waals surface area contributed by atoms with Gasteiger partial charge in [-0.3, -0.25) is 14.9 Å². The smallest absolute Gasteiger partial charge is 0.270 e. The van der Waals surface area contributed by atoms with Gasteiger partial charge in [-0.1, -0.05) is 42.1 Å². The normalized spacial score (nSPS) is 10.6. The van der Waals surface area contributed by atoms with E-state index in [0.29, 0.717) is 16.5 Å². The number of carbonyl (C=O) groups excluding carboxylic acids is 1. The van der Waals surface area contributed by atoms with Gasteiger partial charge in [-0.25, -0.2) is 0 Å². The SMILES string of the molecule is Cc1ccccc1NC(=O)CSc1nnc(-c2cccc([N+](=O)[O-])c2)n1C. The molecule has 1 heterocycles. The van der Waals surface area contributed by atoms with Gasteiger partial charge < -0.3 is 9.88 Å². The maximum absolute atomic E-state index is 12.2. The Hall–Kier alpha value is -3.20. The summed E-state index contributed by atoms with van der Waals surface area (Å²) in [6.07, 6.45) is 0. The number of nitro benzene ring substituents is 1. The van der Waals surface area contributed by atoms with Crippen molar-refractivity contribution in [2.24, 2.45) is 7.05 Å². The van der Waals surface area contributed by atoms with Crippen LogP contribution in [-0.2, 0) is 11.8 Å². The predicted octanol–water partition coefficient (Wildman–Crippen LogP) is 3.43. The molecule has 0 bridgehead atoms. The third-order valence-corrected chi connectivity index (χ3v) is 4.92. The summed E-state index contributed by atoms with van der Waals surface area (Å²) in [6.45, 7) is 1.93. The topological polar surface area (TPSA) is 103 Å². The van der Waals surface area contributed by atoms with Crippen LogP contribution in [0.3, 0.4) is 0 Å². The Bertz CT molecular complexity index is 1000. The van der Waals surface area contributed by atoms with Gasteiger partial charge in [0.25, 0.3) is 5.69 Å². The lowest BCUT2D eigenvalue weighted by atomic mass is 10.2. The van der Waals surface area contributed by atoms with Crippen LogP contribution in [0.4, 0.5) is 11.4 Å². The molecule has 0 fully saturated rings. The fraction of sp³-hybridized carbons (Fsp3) is 0.167. The first-order valence-electron chi connectivity index (χ1n) is 8.08. The molecule has 27 heavy (non-hydrogen) atoms. The Labute approximate surface area is 159 Å². The van der Waals surface area contributed by atoms with E-state index in [1.807, 2.05) is 31.2 Å². The molecule has 138 valence electrons. The van der Waals surface area contributed by atoms with E-state index >= 15 is 0 Å². The highest BCUT2D eigenvalue weighted by Crippen LogP contribution is 2.25. The molecule has 8 nitrogen and oxygen atoms in total. The molecule has 1 aromatic heterocycles. The number of benzene rings is 2. The maximum Gasteiger partial charge on any atom is 0.270 e. The van der Waals surface area contributed by atoms with Crippen molar-refractivity contribution in [3.05, 3.63) is 64.2 Å². The molecule has 0 saturated carbocycles. The monoisotopic (exact) mass is 383 g/mol. The van der Waals surface area contributed by atoms with Crippen LogP contribution in [0.5, 0.6) is 0 Å². The van der Waals surface area contributed by atoms with Crippen LogP contribution in [0.1, 0.15) is 5.56 Å². The zero-order chi connectivity index (χ0) is 19.4. The zero-order valence-corrected chi connectivity index (χ0v) is 15.6. The first-order valence-corrected chi connectivity index (χ1v) is 9.07. The largest absolute Gasteiger partial charge is 0.325 e. The lowest BCUT2D eigenvalue weighted by Gasteiger charge is -2.08. The van der Waals surface area contributed by atoms with E-state index < -0.39 is 4.92 Å². The summed E-state index contributed by atoms with van der Waals surface area (Å²) in [4.78, 5) is 22.7. The number of non-ortho nitro benzene ring substituents is 1. The van der Waals surface area contributed by atoms with Crippen LogP contribution in [0, 0.1) is 17.0 Å². The Kier molecular flexibility index (Phi) is 5.51. The number of anilines is 1. The van der Waals surface area contributed by atoms with E-state index in [-0.39, 0.29) is 17.3 Å². The van der Waals surface area contributed by atoms with Crippen molar-refractivity contribution in [2.45, 2.75) is 12.1 Å². The number of aryl methyl sites for hydroxylation is 1. The summed E-state index contributed by atoms with van der Waals surface area (Å²) >= 11 is 1.25. The number of hydrogen-bond donors (Lipinski definition) is 1. The summed E-state index contributed by atoms with van der Waals surface area (Å²) in [5.74, 6) is 0.532. The number of carbonyl (C=O) groups is 1. The second-order valence-electron chi connectivity index (χ2n) is 5.82. The molecule has 0 spiro atoms. The van der Waals surface area contributed by atoms with Gasteiger partial charge in [0.2, 0.25) is 5.91 Å². The Balaban J connectivity index is 1.69. The van der Waals surface area contributed by atoms with Gasteiger partial charge in [0.15, 0.2) is 11.0 Å². The second kappa shape index (κ2) is 8.00. The minimum absolute atomic E-state index is 0.0117. The lowest BCUT2D eigenvalue weighted by Crippen LogP contribution is -2.15. The zero-order valence-electron chi connectivity index (χ0n) is 14.7. The van der Waals surface area contributed by atoms with Crippen molar-refractivity contribution in [2.75, 3.05) is 11.1 Å². The molecule has 0 aliphatic rings. The number of amides is 1. The quantitative estimate of drug-likeness (QED) is 0.397. The van der Waals surface area contributed by atoms with Gasteiger partial charge in [-0.15, -0.1) is 10.2 Å². The molecule has 3 aromatic rings. The summed E-state index contributed by atoms with van der Waals surface area (Å²) < 4.78 is 1.71. The Morgan fingerprint density at radius 1 is 1.22 bits per heavy atom. The molecule has 0 radical (unpaired) electrons. The predicted molar refractivity (Wildman–Crippen MR) is 104 cm³/mol. The molecule has 3 rings (SSSR count). The fourth-order valence-corrected chi connectivity index (χ4v) is 3.19. The van der Waals surface area contributed by atoms with Crippen LogP contribution in [0.15, 0.2) is 53.7 Å². The van der Waals surface area contributed by atoms with Gasteiger partial charge in [0.1, 0.15) is 0 Å². The number of nitrogens with zero attached hydrogens (tertiary/aromatic N) is 4. The number of aromatic nitrogens is 3. The molecule has 1 amide bonds. The summed E-state index contributed by atoms with van der Waals surface area (Å²) in [5, 5.41) is 22.5. The molecule has 0 saturated heterocycles. The molecule has 0 aliphatic carbocycles. The lowest BCUT2D eigenvalue weighted by molar-refractivity contribution is -0.384. The van der Waals surface area contributed by atoms with Crippen molar-refractivity contribution in [3.8, 4) is 11.4 Å². The van der Waals surface area contributed by atoms with E-state index in [4.69, 9.17) is 0 Å². The highest BCUT2D eigenvalue weighted by molar-refractivity contribution is 7.99. The van der Waals surface area contributed by atoms with Crippen LogP contribution >= 0.6 is 11.8 Å². The minimum Gasteiger partial charge on any atom is -0.325 e. The molecular formula is C18H17N5O3S. The van der Waals surface area contributed by atoms with Crippen molar-refractivity contribution in [3.63, 3.8) is 0 Å². The van der Waals surface area contributed by atoms with Crippen molar-refractivity contribution >= 4 is 29.0 Å². The molecule has 2 aromatic carbocycles. The Morgan fingerprint density at radius 2 is 2.00 bits per heavy atom. The second-order valence-corrected chi connectivity index (χ2v) is 6.77. The summed E-state index contributed by atoms with van der Waals surface area (Å²) in [7, 11) is 1.76. The van der Waals surface area contributed by atoms with Crippen LogP contribution < -0.4 is 5.32 Å². The third-order valence-electron chi connectivity index (χ3n) is 3.90. The van der Waals surface area contributed by atoms with Gasteiger partial charge in [0, 0.05) is 30.4 Å². The van der Waals surface area contributed by atoms with E-state index in [0.717, 1.165) is 11.3 Å². The number of hydrogen-bond acceptors (Lipinski definition) is 6. The van der Waals surface area contributed by atoms with E-state index in [2.05, 4.69) is 15.5 Å². The first-order chi connectivity index (χ1) is 13.0. The third kappa shape index (κ3) is 4.32. The van der Waals surface area contributed by atoms with Crippen molar-refractivity contribution in [1.29, 1.82) is 0 Å². The van der Waals surface area contributed by atoms with Gasteiger partial charge >= 0.3 is 0 Å².